The predicted octanol–water partition coefficient (Wildman–Crippen LogP) is 21.8. The highest BCUT2D eigenvalue weighted by molar-refractivity contribution is 5.70. The summed E-state index contributed by atoms with van der Waals surface area (Å²) in [5, 5.41) is 9.68. The second kappa shape index (κ2) is 65.1. The molecule has 0 aliphatic heterocycles. The Bertz CT molecular complexity index is 1610. The molecule has 76 heavy (non-hydrogen) atoms. The molecule has 0 aliphatic rings. The molecular formula is C71H116O5. The zero-order valence-corrected chi connectivity index (χ0v) is 49.2. The summed E-state index contributed by atoms with van der Waals surface area (Å²) >= 11 is 0. The summed E-state index contributed by atoms with van der Waals surface area (Å²) in [5.74, 6) is -0.606. The molecule has 1 atom stereocenters. The number of aliphatic hydroxyl groups is 1. The molecule has 0 rings (SSSR count). The van der Waals surface area contributed by atoms with Gasteiger partial charge < -0.3 is 14.6 Å². The second-order valence-corrected chi connectivity index (χ2v) is 20.4. The Morgan fingerprint density at radius 2 is 0.566 bits per heavy atom. The van der Waals surface area contributed by atoms with Crippen molar-refractivity contribution in [3.8, 4) is 0 Å². The fourth-order valence-corrected chi connectivity index (χ4v) is 8.44. The third kappa shape index (κ3) is 62.3. The van der Waals surface area contributed by atoms with Crippen LogP contribution in [-0.4, -0.2) is 36.4 Å². The van der Waals surface area contributed by atoms with E-state index in [2.05, 4.69) is 160 Å². The number of esters is 2. The molecular weight excluding hydrogens is 933 g/mol. The van der Waals surface area contributed by atoms with E-state index in [1.807, 2.05) is 0 Å². The molecule has 430 valence electrons. The lowest BCUT2D eigenvalue weighted by Crippen LogP contribution is -2.28. The first-order chi connectivity index (χ1) is 37.6. The Balaban J connectivity index is 3.58. The Morgan fingerprint density at radius 1 is 0.316 bits per heavy atom. The minimum Gasteiger partial charge on any atom is -0.462 e. The van der Waals surface area contributed by atoms with Gasteiger partial charge in [-0.1, -0.05) is 282 Å². The van der Waals surface area contributed by atoms with Crippen molar-refractivity contribution in [1.82, 2.24) is 0 Å². The fourth-order valence-electron chi connectivity index (χ4n) is 8.44. The molecule has 0 saturated heterocycles. The summed E-state index contributed by atoms with van der Waals surface area (Å²) in [7, 11) is 0. The number of allylic oxidation sites excluding steroid dienone is 24. The SMILES string of the molecule is CC/C=C\C/C=C\C/C=C\C/C=C\C/C=C\C/C=C\C/C=C\C/C=C\C/C=C\CCCCCCCCCCCC(=O)OC(CO)COC(=O)CCCCCCCCCCCC/C=C\C/C=C\C/C=C\CCCCCCC. The van der Waals surface area contributed by atoms with E-state index in [4.69, 9.17) is 9.47 Å². The van der Waals surface area contributed by atoms with E-state index < -0.39 is 6.10 Å². The van der Waals surface area contributed by atoms with Crippen LogP contribution in [0.5, 0.6) is 0 Å². The minimum atomic E-state index is -0.789. The summed E-state index contributed by atoms with van der Waals surface area (Å²) in [6.45, 7) is 4.01. The number of rotatable bonds is 56. The summed E-state index contributed by atoms with van der Waals surface area (Å²) in [6.07, 6.45) is 98.3. The van der Waals surface area contributed by atoms with Crippen molar-refractivity contribution in [2.75, 3.05) is 13.2 Å². The molecule has 0 fully saturated rings. The number of aliphatic hydroxyl groups excluding tert-OH is 1. The van der Waals surface area contributed by atoms with Crippen LogP contribution in [0.4, 0.5) is 0 Å². The van der Waals surface area contributed by atoms with Crippen molar-refractivity contribution in [3.05, 3.63) is 146 Å². The lowest BCUT2D eigenvalue weighted by molar-refractivity contribution is -0.161. The standard InChI is InChI=1S/C71H116O5/c1-3-5-7-9-11-13-15-17-19-21-23-25-27-29-30-31-32-33-34-35-36-37-38-39-40-42-44-46-48-50-52-54-56-58-60-62-64-66-71(74)76-69(67-72)68-75-70(73)65-63-61-59-57-55-53-51-49-47-45-43-41-28-26-24-22-20-18-16-14-12-10-8-6-4-2/h5,7,11,13,16-19,22-25,28-30,32-33,35-36,38-39,41-42,44,69,72H,3-4,6,8-10,12,14-15,20-21,26-27,31,34,37,40,43,45-68H2,1-2H3/b7-5-,13-11-,18-16-,19-17-,24-22-,25-23-,30-29-,33-32-,36-35-,39-38-,41-28-,44-42-. The molecule has 0 spiro atoms. The van der Waals surface area contributed by atoms with E-state index in [1.54, 1.807) is 0 Å². The van der Waals surface area contributed by atoms with Gasteiger partial charge in [0.15, 0.2) is 6.10 Å². The first-order valence-corrected chi connectivity index (χ1v) is 31.4. The summed E-state index contributed by atoms with van der Waals surface area (Å²) < 4.78 is 10.7. The molecule has 5 heteroatoms. The summed E-state index contributed by atoms with van der Waals surface area (Å²) in [5.41, 5.74) is 0. The van der Waals surface area contributed by atoms with Gasteiger partial charge in [-0.2, -0.15) is 0 Å². The third-order valence-electron chi connectivity index (χ3n) is 13.1. The molecule has 0 aromatic carbocycles. The summed E-state index contributed by atoms with van der Waals surface area (Å²) in [4.78, 5) is 24.6. The van der Waals surface area contributed by atoms with Gasteiger partial charge in [-0.15, -0.1) is 0 Å². The van der Waals surface area contributed by atoms with Crippen LogP contribution >= 0.6 is 0 Å². The maximum atomic E-state index is 12.3. The lowest BCUT2D eigenvalue weighted by Gasteiger charge is -2.15. The third-order valence-corrected chi connectivity index (χ3v) is 13.1. The minimum absolute atomic E-state index is 0.0779. The van der Waals surface area contributed by atoms with Gasteiger partial charge in [-0.3, -0.25) is 9.59 Å². The van der Waals surface area contributed by atoms with Crippen LogP contribution in [0, 0.1) is 0 Å². The quantitative estimate of drug-likeness (QED) is 0.0373. The molecule has 0 amide bonds. The smallest absolute Gasteiger partial charge is 0.306 e. The van der Waals surface area contributed by atoms with Crippen molar-refractivity contribution >= 4 is 11.9 Å². The van der Waals surface area contributed by atoms with Crippen molar-refractivity contribution < 1.29 is 24.2 Å². The zero-order chi connectivity index (χ0) is 54.8. The van der Waals surface area contributed by atoms with Crippen LogP contribution in [0.3, 0.4) is 0 Å². The Kier molecular flexibility index (Phi) is 61.5. The van der Waals surface area contributed by atoms with E-state index in [-0.39, 0.29) is 25.2 Å². The van der Waals surface area contributed by atoms with Gasteiger partial charge in [0.05, 0.1) is 6.61 Å². The number of carbonyl (C=O) groups is 2. The lowest BCUT2D eigenvalue weighted by atomic mass is 10.0. The van der Waals surface area contributed by atoms with Gasteiger partial charge in [0, 0.05) is 12.8 Å². The van der Waals surface area contributed by atoms with Crippen LogP contribution < -0.4 is 0 Å². The average molecular weight is 1050 g/mol. The topological polar surface area (TPSA) is 72.8 Å². The molecule has 0 aliphatic carbocycles. The molecule has 1 unspecified atom stereocenters. The maximum Gasteiger partial charge on any atom is 0.306 e. The normalized spacial score (nSPS) is 13.2. The van der Waals surface area contributed by atoms with Crippen molar-refractivity contribution in [2.45, 2.75) is 277 Å². The van der Waals surface area contributed by atoms with Crippen LogP contribution in [0.15, 0.2) is 146 Å². The van der Waals surface area contributed by atoms with Gasteiger partial charge in [0.1, 0.15) is 6.61 Å². The van der Waals surface area contributed by atoms with Gasteiger partial charge >= 0.3 is 11.9 Å². The van der Waals surface area contributed by atoms with E-state index >= 15 is 0 Å². The van der Waals surface area contributed by atoms with Crippen LogP contribution in [-0.2, 0) is 19.1 Å². The Morgan fingerprint density at radius 3 is 0.855 bits per heavy atom. The molecule has 1 N–H and O–H groups in total. The molecule has 0 radical (unpaired) electrons. The zero-order valence-electron chi connectivity index (χ0n) is 49.2. The van der Waals surface area contributed by atoms with Crippen molar-refractivity contribution in [2.24, 2.45) is 0 Å². The largest absolute Gasteiger partial charge is 0.462 e. The van der Waals surface area contributed by atoms with Crippen LogP contribution in [0.1, 0.15) is 271 Å². The monoisotopic (exact) mass is 1050 g/mol. The Labute approximate surface area is 469 Å². The molecule has 0 heterocycles. The Hall–Kier alpha value is -4.22. The van der Waals surface area contributed by atoms with E-state index in [1.165, 1.54) is 128 Å². The highest BCUT2D eigenvalue weighted by Crippen LogP contribution is 2.15. The first-order valence-electron chi connectivity index (χ1n) is 31.4. The molecule has 0 aromatic rings. The van der Waals surface area contributed by atoms with Crippen molar-refractivity contribution in [3.63, 3.8) is 0 Å². The number of carbonyl (C=O) groups excluding carboxylic acids is 2. The second-order valence-electron chi connectivity index (χ2n) is 20.4. The van der Waals surface area contributed by atoms with Crippen LogP contribution in [0.25, 0.3) is 0 Å². The van der Waals surface area contributed by atoms with Gasteiger partial charge in [-0.05, 0) is 122 Å². The van der Waals surface area contributed by atoms with Gasteiger partial charge in [-0.25, -0.2) is 0 Å². The number of ether oxygens (including phenoxy) is 2. The molecule has 5 nitrogen and oxygen atoms in total. The van der Waals surface area contributed by atoms with E-state index in [9.17, 15) is 14.7 Å². The summed E-state index contributed by atoms with van der Waals surface area (Å²) in [6, 6.07) is 0. The van der Waals surface area contributed by atoms with E-state index in [0.717, 1.165) is 116 Å². The highest BCUT2D eigenvalue weighted by atomic mass is 16.6. The number of unbranched alkanes of at least 4 members (excludes halogenated alkanes) is 24. The molecule has 0 saturated carbocycles. The fraction of sp³-hybridized carbons (Fsp3) is 0.634. The van der Waals surface area contributed by atoms with Crippen LogP contribution in [0.2, 0.25) is 0 Å². The average Bonchev–Trinajstić information content (AvgIpc) is 3.42. The predicted molar refractivity (Wildman–Crippen MR) is 334 cm³/mol. The van der Waals surface area contributed by atoms with Gasteiger partial charge in [0.2, 0.25) is 0 Å². The van der Waals surface area contributed by atoms with E-state index in [0.29, 0.717) is 12.8 Å². The maximum absolute atomic E-state index is 12.3. The number of hydrogen-bond acceptors (Lipinski definition) is 5. The first kappa shape index (κ1) is 71.8. The van der Waals surface area contributed by atoms with Gasteiger partial charge in [0.25, 0.3) is 0 Å². The number of hydrogen-bond donors (Lipinski definition) is 1. The highest BCUT2D eigenvalue weighted by Gasteiger charge is 2.16. The van der Waals surface area contributed by atoms with Crippen molar-refractivity contribution in [1.29, 1.82) is 0 Å². The molecule has 0 aromatic heterocycles. The molecule has 0 bridgehead atoms.